The number of carbonyl (C=O) groups is 1. The van der Waals surface area contributed by atoms with Crippen LogP contribution < -0.4 is 9.25 Å². The van der Waals surface area contributed by atoms with Gasteiger partial charge in [-0.3, -0.25) is 4.79 Å². The van der Waals surface area contributed by atoms with Crippen LogP contribution in [0, 0.1) is 0 Å². The van der Waals surface area contributed by atoms with Crippen molar-refractivity contribution >= 4 is 35.0 Å². The standard InChI is InChI=1S/C11H12Cl2N2O2/c12-15(13)8-4-1-5-9(16)10(8)11(17)7-3-2-6-14-7/h1,4-5,7,14,16H,2-3,6H2. The van der Waals surface area contributed by atoms with Crippen molar-refractivity contribution in [1.82, 2.24) is 5.32 Å². The Bertz CT molecular complexity index is 431. The highest BCUT2D eigenvalue weighted by Crippen LogP contribution is 2.32. The lowest BCUT2D eigenvalue weighted by molar-refractivity contribution is 0.0950. The van der Waals surface area contributed by atoms with E-state index in [2.05, 4.69) is 5.32 Å². The van der Waals surface area contributed by atoms with Crippen molar-refractivity contribution in [3.05, 3.63) is 23.8 Å². The van der Waals surface area contributed by atoms with E-state index in [1.807, 2.05) is 0 Å². The number of ketones is 1. The van der Waals surface area contributed by atoms with Crippen LogP contribution in [0.25, 0.3) is 0 Å². The molecule has 0 amide bonds. The van der Waals surface area contributed by atoms with Crippen molar-refractivity contribution < 1.29 is 9.90 Å². The first-order valence-corrected chi connectivity index (χ1v) is 6.00. The average Bonchev–Trinajstić information content (AvgIpc) is 2.81. The average molecular weight is 275 g/mol. The molecule has 0 bridgehead atoms. The van der Waals surface area contributed by atoms with Crippen LogP contribution in [0.5, 0.6) is 5.75 Å². The van der Waals surface area contributed by atoms with Gasteiger partial charge in [0.2, 0.25) is 0 Å². The van der Waals surface area contributed by atoms with E-state index < -0.39 is 0 Å². The van der Waals surface area contributed by atoms with Crippen LogP contribution in [0.3, 0.4) is 0 Å². The number of Topliss-reactive ketones (excluding diaryl/α,β-unsaturated/α-hetero) is 1. The second kappa shape index (κ2) is 5.12. The van der Waals surface area contributed by atoms with Crippen molar-refractivity contribution in [3.63, 3.8) is 0 Å². The molecule has 0 aromatic heterocycles. The van der Waals surface area contributed by atoms with E-state index in [1.54, 1.807) is 12.1 Å². The van der Waals surface area contributed by atoms with Gasteiger partial charge < -0.3 is 10.4 Å². The van der Waals surface area contributed by atoms with Crippen molar-refractivity contribution in [2.75, 3.05) is 10.5 Å². The molecule has 1 atom stereocenters. The molecule has 4 nitrogen and oxygen atoms in total. The van der Waals surface area contributed by atoms with Gasteiger partial charge in [-0.2, -0.15) is 3.94 Å². The van der Waals surface area contributed by atoms with E-state index in [1.165, 1.54) is 6.07 Å². The van der Waals surface area contributed by atoms with Crippen molar-refractivity contribution in [2.24, 2.45) is 0 Å². The summed E-state index contributed by atoms with van der Waals surface area (Å²) in [5.74, 6) is -0.283. The number of phenolic OH excluding ortho intramolecular Hbond substituents is 1. The third kappa shape index (κ3) is 2.49. The van der Waals surface area contributed by atoms with Gasteiger partial charge in [-0.15, -0.1) is 0 Å². The number of aromatic hydroxyl groups is 1. The zero-order valence-electron chi connectivity index (χ0n) is 8.99. The molecule has 6 heteroatoms. The quantitative estimate of drug-likeness (QED) is 0.657. The number of nitrogens with zero attached hydrogens (tertiary/aromatic N) is 1. The van der Waals surface area contributed by atoms with Gasteiger partial charge in [0.05, 0.1) is 17.3 Å². The zero-order valence-corrected chi connectivity index (χ0v) is 10.5. The molecular formula is C11H12Cl2N2O2. The second-order valence-electron chi connectivity index (χ2n) is 3.92. The van der Waals surface area contributed by atoms with Crippen LogP contribution in [0.2, 0.25) is 0 Å². The highest BCUT2D eigenvalue weighted by Gasteiger charge is 2.28. The number of hydrogen-bond acceptors (Lipinski definition) is 4. The summed E-state index contributed by atoms with van der Waals surface area (Å²) < 4.78 is 0.794. The minimum atomic E-state index is -0.268. The summed E-state index contributed by atoms with van der Waals surface area (Å²) in [4.78, 5) is 12.2. The van der Waals surface area contributed by atoms with Gasteiger partial charge in [0.25, 0.3) is 0 Å². The van der Waals surface area contributed by atoms with Crippen LogP contribution in [-0.4, -0.2) is 23.5 Å². The molecule has 1 saturated heterocycles. The number of nitrogens with one attached hydrogen (secondary N) is 1. The van der Waals surface area contributed by atoms with E-state index in [0.29, 0.717) is 5.69 Å². The summed E-state index contributed by atoms with van der Waals surface area (Å²) in [5, 5.41) is 12.9. The molecule has 1 fully saturated rings. The molecule has 1 aliphatic heterocycles. The van der Waals surface area contributed by atoms with E-state index in [-0.39, 0.29) is 23.1 Å². The summed E-state index contributed by atoms with van der Waals surface area (Å²) in [6.07, 6.45) is 1.71. The van der Waals surface area contributed by atoms with Crippen LogP contribution in [-0.2, 0) is 0 Å². The van der Waals surface area contributed by atoms with E-state index >= 15 is 0 Å². The molecule has 1 heterocycles. The van der Waals surface area contributed by atoms with Gasteiger partial charge in [-0.1, -0.05) is 6.07 Å². The molecular weight excluding hydrogens is 263 g/mol. The maximum absolute atomic E-state index is 12.2. The molecule has 92 valence electrons. The van der Waals surface area contributed by atoms with Gasteiger partial charge in [0, 0.05) is 23.6 Å². The lowest BCUT2D eigenvalue weighted by atomic mass is 10.0. The fourth-order valence-corrected chi connectivity index (χ4v) is 2.29. The summed E-state index contributed by atoms with van der Waals surface area (Å²) >= 11 is 11.3. The topological polar surface area (TPSA) is 52.6 Å². The Labute approximate surface area is 109 Å². The Balaban J connectivity index is 2.39. The number of rotatable bonds is 3. The summed E-state index contributed by atoms with van der Waals surface area (Å²) in [5.41, 5.74) is 0.462. The number of benzene rings is 1. The normalized spacial score (nSPS) is 19.3. The fourth-order valence-electron chi connectivity index (χ4n) is 2.00. The Hall–Kier alpha value is -0.970. The SMILES string of the molecule is O=C(c1c(O)cccc1N(Cl)Cl)C1CCCN1. The lowest BCUT2D eigenvalue weighted by Gasteiger charge is -2.16. The van der Waals surface area contributed by atoms with Crippen molar-refractivity contribution in [1.29, 1.82) is 0 Å². The van der Waals surface area contributed by atoms with Gasteiger partial charge in [-0.05, 0) is 31.5 Å². The van der Waals surface area contributed by atoms with Crippen LogP contribution in [0.15, 0.2) is 18.2 Å². The van der Waals surface area contributed by atoms with Crippen molar-refractivity contribution in [3.8, 4) is 5.75 Å². The molecule has 1 unspecified atom stereocenters. The molecule has 0 aliphatic carbocycles. The smallest absolute Gasteiger partial charge is 0.185 e. The zero-order chi connectivity index (χ0) is 12.4. The van der Waals surface area contributed by atoms with Gasteiger partial charge in [0.1, 0.15) is 5.75 Å². The number of anilines is 1. The Morgan fingerprint density at radius 3 is 2.82 bits per heavy atom. The highest BCUT2D eigenvalue weighted by molar-refractivity contribution is 6.50. The predicted molar refractivity (Wildman–Crippen MR) is 67.6 cm³/mol. The molecule has 0 spiro atoms. The number of hydrogen-bond donors (Lipinski definition) is 2. The molecule has 1 aromatic carbocycles. The first-order valence-electron chi connectivity index (χ1n) is 5.32. The van der Waals surface area contributed by atoms with E-state index in [4.69, 9.17) is 23.6 Å². The number of carbonyl (C=O) groups excluding carboxylic acids is 1. The minimum absolute atomic E-state index is 0.104. The summed E-state index contributed by atoms with van der Waals surface area (Å²) in [6.45, 7) is 0.810. The molecule has 17 heavy (non-hydrogen) atoms. The number of halogens is 2. The monoisotopic (exact) mass is 274 g/mol. The lowest BCUT2D eigenvalue weighted by Crippen LogP contribution is -2.31. The highest BCUT2D eigenvalue weighted by atomic mass is 35.5. The predicted octanol–water partition coefficient (Wildman–Crippen LogP) is 2.44. The Morgan fingerprint density at radius 2 is 2.24 bits per heavy atom. The Morgan fingerprint density at radius 1 is 1.47 bits per heavy atom. The van der Waals surface area contributed by atoms with Crippen molar-refractivity contribution in [2.45, 2.75) is 18.9 Å². The maximum Gasteiger partial charge on any atom is 0.185 e. The third-order valence-electron chi connectivity index (χ3n) is 2.83. The summed E-state index contributed by atoms with van der Waals surface area (Å²) in [7, 11) is 0. The van der Waals surface area contributed by atoms with E-state index in [0.717, 1.165) is 23.3 Å². The first-order chi connectivity index (χ1) is 8.11. The molecule has 2 N–H and O–H groups in total. The Kier molecular flexibility index (Phi) is 3.76. The molecule has 1 aliphatic rings. The summed E-state index contributed by atoms with van der Waals surface area (Å²) in [6, 6.07) is 4.35. The minimum Gasteiger partial charge on any atom is -0.507 e. The molecule has 0 radical (unpaired) electrons. The second-order valence-corrected chi connectivity index (χ2v) is 4.77. The van der Waals surface area contributed by atoms with Crippen LogP contribution in [0.1, 0.15) is 23.2 Å². The van der Waals surface area contributed by atoms with Gasteiger partial charge in [0.15, 0.2) is 5.78 Å². The first kappa shape index (κ1) is 12.5. The maximum atomic E-state index is 12.2. The van der Waals surface area contributed by atoms with E-state index in [9.17, 15) is 9.90 Å². The van der Waals surface area contributed by atoms with Crippen LogP contribution >= 0.6 is 23.6 Å². The third-order valence-corrected chi connectivity index (χ3v) is 3.19. The van der Waals surface area contributed by atoms with Gasteiger partial charge in [-0.25, -0.2) is 0 Å². The van der Waals surface area contributed by atoms with Gasteiger partial charge >= 0.3 is 0 Å². The number of phenols is 1. The molecule has 0 saturated carbocycles. The van der Waals surface area contributed by atoms with Crippen LogP contribution in [0.4, 0.5) is 5.69 Å². The fraction of sp³-hybridized carbons (Fsp3) is 0.364. The molecule has 1 aromatic rings. The largest absolute Gasteiger partial charge is 0.507 e. The molecule has 2 rings (SSSR count).